The molecule has 3 N–H and O–H groups in total. The number of benzene rings is 2. The fourth-order valence-corrected chi connectivity index (χ4v) is 2.50. The van der Waals surface area contributed by atoms with Crippen molar-refractivity contribution in [3.63, 3.8) is 0 Å². The van der Waals surface area contributed by atoms with Crippen molar-refractivity contribution in [3.8, 4) is 11.5 Å². The lowest BCUT2D eigenvalue weighted by Gasteiger charge is -2.20. The van der Waals surface area contributed by atoms with Crippen LogP contribution in [0.3, 0.4) is 0 Å². The van der Waals surface area contributed by atoms with E-state index in [2.05, 4.69) is 5.43 Å². The van der Waals surface area contributed by atoms with Crippen LogP contribution >= 0.6 is 11.6 Å². The molecule has 0 aromatic heterocycles. The number of aryl methyl sites for hydroxylation is 1. The molecular formula is C16H19ClN2O2. The number of nitrogens with two attached hydrogens (primary N) is 1. The lowest BCUT2D eigenvalue weighted by molar-refractivity contribution is 0.354. The van der Waals surface area contributed by atoms with Gasteiger partial charge in [0, 0.05) is 5.02 Å². The standard InChI is InChI=1S/C16H19ClN2O2/c1-10-4-6-12(17)9-13(10)16(19-18)11-5-7-14(20-2)15(8-11)21-3/h4-9,16,19H,18H2,1-3H3. The van der Waals surface area contributed by atoms with Crippen molar-refractivity contribution < 1.29 is 9.47 Å². The molecule has 2 rings (SSSR count). The number of halogens is 1. The number of nitrogens with one attached hydrogen (secondary N) is 1. The first-order valence-electron chi connectivity index (χ1n) is 6.54. The minimum absolute atomic E-state index is 0.177. The Hall–Kier alpha value is -1.75. The Morgan fingerprint density at radius 1 is 1.05 bits per heavy atom. The highest BCUT2D eigenvalue weighted by atomic mass is 35.5. The first-order valence-corrected chi connectivity index (χ1v) is 6.92. The van der Waals surface area contributed by atoms with Gasteiger partial charge in [-0.25, -0.2) is 5.43 Å². The second-order valence-corrected chi connectivity index (χ2v) is 5.15. The summed E-state index contributed by atoms with van der Waals surface area (Å²) in [6.45, 7) is 2.02. The zero-order valence-corrected chi connectivity index (χ0v) is 13.1. The molecule has 0 aliphatic carbocycles. The third-order valence-electron chi connectivity index (χ3n) is 3.46. The van der Waals surface area contributed by atoms with E-state index in [1.54, 1.807) is 14.2 Å². The summed E-state index contributed by atoms with van der Waals surface area (Å²) in [6.07, 6.45) is 0. The SMILES string of the molecule is COc1ccc(C(NN)c2cc(Cl)ccc2C)cc1OC. The molecule has 112 valence electrons. The summed E-state index contributed by atoms with van der Waals surface area (Å²) in [5.41, 5.74) is 5.94. The van der Waals surface area contributed by atoms with Gasteiger partial charge in [-0.2, -0.15) is 0 Å². The Kier molecular flexibility index (Phi) is 5.07. The summed E-state index contributed by atoms with van der Waals surface area (Å²) in [7, 11) is 3.22. The zero-order chi connectivity index (χ0) is 15.4. The fourth-order valence-electron chi connectivity index (χ4n) is 2.32. The van der Waals surface area contributed by atoms with E-state index in [0.29, 0.717) is 16.5 Å². The zero-order valence-electron chi connectivity index (χ0n) is 12.3. The lowest BCUT2D eigenvalue weighted by Crippen LogP contribution is -2.29. The second-order valence-electron chi connectivity index (χ2n) is 4.72. The predicted molar refractivity (Wildman–Crippen MR) is 84.9 cm³/mol. The lowest BCUT2D eigenvalue weighted by atomic mass is 9.95. The third-order valence-corrected chi connectivity index (χ3v) is 3.69. The molecule has 0 aliphatic rings. The third kappa shape index (κ3) is 3.29. The molecule has 0 spiro atoms. The Morgan fingerprint density at radius 2 is 1.76 bits per heavy atom. The fraction of sp³-hybridized carbons (Fsp3) is 0.250. The summed E-state index contributed by atoms with van der Waals surface area (Å²) in [6, 6.07) is 11.3. The topological polar surface area (TPSA) is 56.5 Å². The molecule has 21 heavy (non-hydrogen) atoms. The van der Waals surface area contributed by atoms with Crippen molar-refractivity contribution in [3.05, 3.63) is 58.1 Å². The Bertz CT molecular complexity index is 632. The van der Waals surface area contributed by atoms with Gasteiger partial charge in [0.2, 0.25) is 0 Å². The van der Waals surface area contributed by atoms with Crippen molar-refractivity contribution >= 4 is 11.6 Å². The number of hydrogen-bond acceptors (Lipinski definition) is 4. The van der Waals surface area contributed by atoms with Crippen LogP contribution in [0.25, 0.3) is 0 Å². The largest absolute Gasteiger partial charge is 0.493 e. The van der Waals surface area contributed by atoms with Crippen LogP contribution in [0.5, 0.6) is 11.5 Å². The van der Waals surface area contributed by atoms with Gasteiger partial charge in [-0.1, -0.05) is 23.7 Å². The van der Waals surface area contributed by atoms with E-state index in [-0.39, 0.29) is 6.04 Å². The summed E-state index contributed by atoms with van der Waals surface area (Å²) in [5, 5.41) is 0.677. The molecule has 0 fully saturated rings. The summed E-state index contributed by atoms with van der Waals surface area (Å²) in [4.78, 5) is 0. The van der Waals surface area contributed by atoms with E-state index in [1.165, 1.54) is 0 Å². The van der Waals surface area contributed by atoms with Gasteiger partial charge >= 0.3 is 0 Å². The molecule has 1 unspecified atom stereocenters. The second kappa shape index (κ2) is 6.80. The Labute approximate surface area is 129 Å². The molecule has 0 heterocycles. The van der Waals surface area contributed by atoms with Gasteiger partial charge in [-0.15, -0.1) is 0 Å². The molecule has 2 aromatic carbocycles. The van der Waals surface area contributed by atoms with E-state index in [9.17, 15) is 0 Å². The van der Waals surface area contributed by atoms with Crippen molar-refractivity contribution in [2.45, 2.75) is 13.0 Å². The van der Waals surface area contributed by atoms with E-state index in [1.807, 2.05) is 43.3 Å². The highest BCUT2D eigenvalue weighted by molar-refractivity contribution is 6.30. The maximum Gasteiger partial charge on any atom is 0.161 e. The van der Waals surface area contributed by atoms with E-state index in [4.69, 9.17) is 26.9 Å². The number of rotatable bonds is 5. The molecule has 0 amide bonds. The minimum Gasteiger partial charge on any atom is -0.493 e. The molecule has 0 saturated heterocycles. The molecule has 5 heteroatoms. The molecule has 0 aliphatic heterocycles. The van der Waals surface area contributed by atoms with Crippen molar-refractivity contribution in [1.82, 2.24) is 5.43 Å². The van der Waals surface area contributed by atoms with Gasteiger partial charge in [0.05, 0.1) is 20.3 Å². The van der Waals surface area contributed by atoms with Crippen LogP contribution in [0.1, 0.15) is 22.7 Å². The smallest absolute Gasteiger partial charge is 0.161 e. The van der Waals surface area contributed by atoms with Crippen LogP contribution in [-0.2, 0) is 0 Å². The molecule has 0 radical (unpaired) electrons. The maximum absolute atomic E-state index is 6.10. The molecule has 4 nitrogen and oxygen atoms in total. The number of methoxy groups -OCH3 is 2. The number of ether oxygens (including phenoxy) is 2. The molecular weight excluding hydrogens is 288 g/mol. The number of hydrazine groups is 1. The van der Waals surface area contributed by atoms with Crippen LogP contribution in [0.4, 0.5) is 0 Å². The molecule has 2 aromatic rings. The van der Waals surface area contributed by atoms with Crippen LogP contribution in [0.2, 0.25) is 5.02 Å². The van der Waals surface area contributed by atoms with Crippen molar-refractivity contribution in [2.75, 3.05) is 14.2 Å². The first-order chi connectivity index (χ1) is 10.1. The minimum atomic E-state index is -0.177. The van der Waals surface area contributed by atoms with E-state index in [0.717, 1.165) is 16.7 Å². The van der Waals surface area contributed by atoms with Gasteiger partial charge in [-0.3, -0.25) is 5.84 Å². The van der Waals surface area contributed by atoms with Crippen LogP contribution in [0, 0.1) is 6.92 Å². The summed E-state index contributed by atoms with van der Waals surface area (Å²) < 4.78 is 10.6. The van der Waals surface area contributed by atoms with Gasteiger partial charge < -0.3 is 9.47 Å². The molecule has 1 atom stereocenters. The van der Waals surface area contributed by atoms with Crippen molar-refractivity contribution in [2.24, 2.45) is 5.84 Å². The van der Waals surface area contributed by atoms with E-state index >= 15 is 0 Å². The molecule has 0 saturated carbocycles. The first kappa shape index (κ1) is 15.6. The average Bonchev–Trinajstić information content (AvgIpc) is 2.51. The highest BCUT2D eigenvalue weighted by Crippen LogP contribution is 2.33. The van der Waals surface area contributed by atoms with E-state index < -0.39 is 0 Å². The monoisotopic (exact) mass is 306 g/mol. The molecule has 0 bridgehead atoms. The van der Waals surface area contributed by atoms with Gasteiger partial charge in [0.25, 0.3) is 0 Å². The highest BCUT2D eigenvalue weighted by Gasteiger charge is 2.17. The van der Waals surface area contributed by atoms with Gasteiger partial charge in [-0.05, 0) is 47.9 Å². The van der Waals surface area contributed by atoms with Gasteiger partial charge in [0.1, 0.15) is 0 Å². The summed E-state index contributed by atoms with van der Waals surface area (Å²) in [5.74, 6) is 7.10. The Balaban J connectivity index is 2.48. The normalized spacial score (nSPS) is 12.0. The Morgan fingerprint density at radius 3 is 2.38 bits per heavy atom. The average molecular weight is 307 g/mol. The van der Waals surface area contributed by atoms with Crippen LogP contribution in [0.15, 0.2) is 36.4 Å². The predicted octanol–water partition coefficient (Wildman–Crippen LogP) is 3.22. The quantitative estimate of drug-likeness (QED) is 0.658. The van der Waals surface area contributed by atoms with Gasteiger partial charge in [0.15, 0.2) is 11.5 Å². The van der Waals surface area contributed by atoms with Crippen molar-refractivity contribution in [1.29, 1.82) is 0 Å². The van der Waals surface area contributed by atoms with Crippen LogP contribution < -0.4 is 20.7 Å². The summed E-state index contributed by atoms with van der Waals surface area (Å²) >= 11 is 6.10. The van der Waals surface area contributed by atoms with Crippen LogP contribution in [-0.4, -0.2) is 14.2 Å². The maximum atomic E-state index is 6.10. The number of hydrogen-bond donors (Lipinski definition) is 2.